The zero-order valence-electron chi connectivity index (χ0n) is 11.8. The molecule has 2 atom stereocenters. The molecule has 0 bridgehead atoms. The van der Waals surface area contributed by atoms with Crippen molar-refractivity contribution in [2.24, 2.45) is 0 Å². The molecule has 1 saturated heterocycles. The highest BCUT2D eigenvalue weighted by Gasteiger charge is 2.28. The van der Waals surface area contributed by atoms with E-state index in [0.29, 0.717) is 19.0 Å². The first kappa shape index (κ1) is 14.0. The number of nitrogen functional groups attached to an aromatic ring is 1. The second kappa shape index (κ2) is 5.71. The van der Waals surface area contributed by atoms with Crippen LogP contribution in [-0.4, -0.2) is 47.0 Å². The third kappa shape index (κ3) is 2.79. The molecule has 1 aliphatic rings. The van der Waals surface area contributed by atoms with Gasteiger partial charge in [-0.1, -0.05) is 6.92 Å². The first-order valence-electron chi connectivity index (χ1n) is 6.68. The van der Waals surface area contributed by atoms with E-state index in [1.54, 1.807) is 0 Å². The van der Waals surface area contributed by atoms with E-state index in [1.807, 2.05) is 13.8 Å². The van der Waals surface area contributed by atoms with Gasteiger partial charge in [0.25, 0.3) is 0 Å². The van der Waals surface area contributed by atoms with Gasteiger partial charge >= 0.3 is 0 Å². The number of hydrogen-bond acceptors (Lipinski definition) is 6. The fraction of sp³-hybridized carbons (Fsp3) is 0.692. The molecule has 2 unspecified atom stereocenters. The van der Waals surface area contributed by atoms with E-state index in [2.05, 4.69) is 21.8 Å². The molecule has 6 heteroatoms. The fourth-order valence-corrected chi connectivity index (χ4v) is 2.23. The average Bonchev–Trinajstić information content (AvgIpc) is 2.42. The summed E-state index contributed by atoms with van der Waals surface area (Å²) in [6, 6.07) is 0.209. The Morgan fingerprint density at radius 1 is 1.47 bits per heavy atom. The molecule has 1 aromatic rings. The van der Waals surface area contributed by atoms with Crippen molar-refractivity contribution in [3.8, 4) is 0 Å². The molecule has 6 nitrogen and oxygen atoms in total. The van der Waals surface area contributed by atoms with Crippen molar-refractivity contribution in [2.75, 3.05) is 30.4 Å². The van der Waals surface area contributed by atoms with Crippen LogP contribution in [-0.2, 0) is 11.2 Å². The number of ether oxygens (including phenoxy) is 1. The third-order valence-corrected chi connectivity index (χ3v) is 3.50. The van der Waals surface area contributed by atoms with Crippen molar-refractivity contribution in [3.05, 3.63) is 11.4 Å². The van der Waals surface area contributed by atoms with Crippen LogP contribution in [0.15, 0.2) is 0 Å². The lowest BCUT2D eigenvalue weighted by atomic mass is 10.1. The van der Waals surface area contributed by atoms with E-state index in [4.69, 9.17) is 10.5 Å². The molecule has 0 saturated carbocycles. The van der Waals surface area contributed by atoms with Crippen LogP contribution in [0.1, 0.15) is 25.2 Å². The third-order valence-electron chi connectivity index (χ3n) is 3.50. The number of nitrogens with two attached hydrogens (primary N) is 1. The van der Waals surface area contributed by atoms with Crippen LogP contribution in [0.5, 0.6) is 0 Å². The standard InChI is InChI=1S/C13H22N4O2/c1-4-11-15-12(14)9(3)13(16-11)17-5-10(6-18)19-7-8(17)2/h8,10,18H,4-7H2,1-3H3,(H2,14,15,16). The second-order valence-electron chi connectivity index (χ2n) is 4.97. The van der Waals surface area contributed by atoms with Crippen molar-refractivity contribution in [2.45, 2.75) is 39.3 Å². The summed E-state index contributed by atoms with van der Waals surface area (Å²) in [5, 5.41) is 9.26. The maximum Gasteiger partial charge on any atom is 0.137 e. The highest BCUT2D eigenvalue weighted by atomic mass is 16.5. The van der Waals surface area contributed by atoms with Crippen LogP contribution < -0.4 is 10.6 Å². The molecule has 1 fully saturated rings. The van der Waals surface area contributed by atoms with E-state index >= 15 is 0 Å². The van der Waals surface area contributed by atoms with Crippen LogP contribution in [0.2, 0.25) is 0 Å². The van der Waals surface area contributed by atoms with Gasteiger partial charge in [-0.05, 0) is 13.8 Å². The highest BCUT2D eigenvalue weighted by molar-refractivity contribution is 5.57. The van der Waals surface area contributed by atoms with Crippen molar-refractivity contribution in [3.63, 3.8) is 0 Å². The van der Waals surface area contributed by atoms with Gasteiger partial charge in [0.1, 0.15) is 17.5 Å². The van der Waals surface area contributed by atoms with Crippen molar-refractivity contribution in [1.29, 1.82) is 0 Å². The molecule has 1 aromatic heterocycles. The zero-order chi connectivity index (χ0) is 14.0. The summed E-state index contributed by atoms with van der Waals surface area (Å²) < 4.78 is 5.55. The topological polar surface area (TPSA) is 84.5 Å². The molecule has 2 heterocycles. The van der Waals surface area contributed by atoms with E-state index in [9.17, 15) is 5.11 Å². The molecule has 0 radical (unpaired) electrons. The molecule has 3 N–H and O–H groups in total. The molecule has 2 rings (SSSR count). The molecule has 0 aromatic carbocycles. The Kier molecular flexibility index (Phi) is 4.21. The maximum absolute atomic E-state index is 9.26. The summed E-state index contributed by atoms with van der Waals surface area (Å²) in [5.74, 6) is 2.14. The molecular weight excluding hydrogens is 244 g/mol. The number of nitrogens with zero attached hydrogens (tertiary/aromatic N) is 3. The van der Waals surface area contributed by atoms with Gasteiger partial charge in [-0.3, -0.25) is 0 Å². The minimum absolute atomic E-state index is 0.0173. The van der Waals surface area contributed by atoms with Gasteiger partial charge in [0.15, 0.2) is 0 Å². The SMILES string of the molecule is CCc1nc(N)c(C)c(N2CC(CO)OCC2C)n1. The summed E-state index contributed by atoms with van der Waals surface area (Å²) in [7, 11) is 0. The Morgan fingerprint density at radius 2 is 2.21 bits per heavy atom. The number of aromatic nitrogens is 2. The lowest BCUT2D eigenvalue weighted by Crippen LogP contribution is -2.50. The van der Waals surface area contributed by atoms with Gasteiger partial charge in [0.2, 0.25) is 0 Å². The van der Waals surface area contributed by atoms with Crippen LogP contribution >= 0.6 is 0 Å². The number of morpholine rings is 1. The van der Waals surface area contributed by atoms with Crippen molar-refractivity contribution >= 4 is 11.6 Å². The van der Waals surface area contributed by atoms with Crippen LogP contribution in [0.3, 0.4) is 0 Å². The van der Waals surface area contributed by atoms with E-state index in [0.717, 1.165) is 23.6 Å². The fourth-order valence-electron chi connectivity index (χ4n) is 2.23. The second-order valence-corrected chi connectivity index (χ2v) is 4.97. The first-order chi connectivity index (χ1) is 9.06. The smallest absolute Gasteiger partial charge is 0.137 e. The molecule has 0 aliphatic carbocycles. The molecule has 1 aliphatic heterocycles. The summed E-state index contributed by atoms with van der Waals surface area (Å²) >= 11 is 0. The van der Waals surface area contributed by atoms with Gasteiger partial charge in [-0.15, -0.1) is 0 Å². The van der Waals surface area contributed by atoms with Crippen LogP contribution in [0.4, 0.5) is 11.6 Å². The number of anilines is 2. The van der Waals surface area contributed by atoms with E-state index in [1.165, 1.54) is 0 Å². The maximum atomic E-state index is 9.26. The summed E-state index contributed by atoms with van der Waals surface area (Å²) in [6.45, 7) is 7.24. The largest absolute Gasteiger partial charge is 0.394 e. The van der Waals surface area contributed by atoms with Gasteiger partial charge in [0.05, 0.1) is 25.4 Å². The number of hydrogen-bond donors (Lipinski definition) is 2. The van der Waals surface area contributed by atoms with Gasteiger partial charge in [-0.2, -0.15) is 0 Å². The average molecular weight is 266 g/mol. The highest BCUT2D eigenvalue weighted by Crippen LogP contribution is 2.26. The lowest BCUT2D eigenvalue weighted by molar-refractivity contribution is -0.0106. The quantitative estimate of drug-likeness (QED) is 0.829. The normalized spacial score (nSPS) is 23.7. The predicted octanol–water partition coefficient (Wildman–Crippen LogP) is 0.516. The molecule has 19 heavy (non-hydrogen) atoms. The Morgan fingerprint density at radius 3 is 2.84 bits per heavy atom. The molecule has 0 spiro atoms. The van der Waals surface area contributed by atoms with Crippen molar-refractivity contribution < 1.29 is 9.84 Å². The zero-order valence-corrected chi connectivity index (χ0v) is 11.8. The van der Waals surface area contributed by atoms with Gasteiger partial charge in [0, 0.05) is 18.5 Å². The molecule has 106 valence electrons. The Hall–Kier alpha value is -1.40. The Bertz CT molecular complexity index is 453. The minimum Gasteiger partial charge on any atom is -0.394 e. The monoisotopic (exact) mass is 266 g/mol. The number of aliphatic hydroxyl groups excluding tert-OH is 1. The van der Waals surface area contributed by atoms with Crippen LogP contribution in [0.25, 0.3) is 0 Å². The van der Waals surface area contributed by atoms with Gasteiger partial charge in [-0.25, -0.2) is 9.97 Å². The number of aliphatic hydroxyl groups is 1. The van der Waals surface area contributed by atoms with E-state index < -0.39 is 0 Å². The lowest BCUT2D eigenvalue weighted by Gasteiger charge is -2.39. The van der Waals surface area contributed by atoms with Crippen LogP contribution in [0, 0.1) is 6.92 Å². The number of aryl methyl sites for hydroxylation is 1. The molecule has 0 amide bonds. The summed E-state index contributed by atoms with van der Waals surface area (Å²) in [4.78, 5) is 11.0. The Labute approximate surface area is 113 Å². The predicted molar refractivity (Wildman–Crippen MR) is 74.2 cm³/mol. The Balaban J connectivity index is 2.36. The minimum atomic E-state index is -0.170. The number of rotatable bonds is 3. The van der Waals surface area contributed by atoms with E-state index in [-0.39, 0.29) is 18.8 Å². The summed E-state index contributed by atoms with van der Waals surface area (Å²) in [6.07, 6.45) is 0.580. The molecular formula is C13H22N4O2. The van der Waals surface area contributed by atoms with Crippen molar-refractivity contribution in [1.82, 2.24) is 9.97 Å². The first-order valence-corrected chi connectivity index (χ1v) is 6.68. The van der Waals surface area contributed by atoms with Gasteiger partial charge < -0.3 is 20.5 Å². The summed E-state index contributed by atoms with van der Waals surface area (Å²) in [5.41, 5.74) is 6.85.